The van der Waals surface area contributed by atoms with Gasteiger partial charge in [0.1, 0.15) is 0 Å². The number of fused-ring (bicyclic) bond motifs is 9. The normalized spacial score (nSPS) is 14.1. The highest BCUT2D eigenvalue weighted by Crippen LogP contribution is 2.51. The molecule has 0 saturated carbocycles. The van der Waals surface area contributed by atoms with Gasteiger partial charge in [-0.25, -0.2) is 0 Å². The van der Waals surface area contributed by atoms with E-state index in [4.69, 9.17) is 0 Å². The Morgan fingerprint density at radius 3 is 1.40 bits per heavy atom. The van der Waals surface area contributed by atoms with Crippen LogP contribution in [-0.2, 0) is 5.41 Å². The average molecular weight is 885 g/mol. The zero-order valence-corrected chi connectivity index (χ0v) is 39.0. The average Bonchev–Trinajstić information content (AvgIpc) is 3.51. The van der Waals surface area contributed by atoms with Gasteiger partial charge in [-0.1, -0.05) is 220 Å². The van der Waals surface area contributed by atoms with Crippen molar-refractivity contribution in [3.8, 4) is 44.5 Å². The maximum atomic E-state index is 2.53. The Kier molecular flexibility index (Phi) is 7.56. The molecule has 0 spiro atoms. The fourth-order valence-electron chi connectivity index (χ4n) is 13.7. The Morgan fingerprint density at radius 1 is 0.329 bits per heavy atom. The van der Waals surface area contributed by atoms with Crippen molar-refractivity contribution < 1.29 is 0 Å². The third-order valence-electron chi connectivity index (χ3n) is 16.8. The van der Waals surface area contributed by atoms with Gasteiger partial charge in [-0.2, -0.15) is 0 Å². The van der Waals surface area contributed by atoms with Crippen LogP contribution in [0.4, 0.5) is 0 Å². The molecule has 16 rings (SSSR count). The smallest absolute Gasteiger partial charge is 0.0159 e. The first-order valence-corrected chi connectivity index (χ1v) is 24.9. The second-order valence-electron chi connectivity index (χ2n) is 20.5. The summed E-state index contributed by atoms with van der Waals surface area (Å²) in [6.07, 6.45) is 10.4. The van der Waals surface area contributed by atoms with E-state index in [1.54, 1.807) is 0 Å². The van der Waals surface area contributed by atoms with Gasteiger partial charge in [-0.05, 0) is 182 Å². The lowest BCUT2D eigenvalue weighted by Crippen LogP contribution is -2.29. The number of hydrogen-bond donors (Lipinski definition) is 0. The highest BCUT2D eigenvalue weighted by Gasteiger charge is 2.35. The summed E-state index contributed by atoms with van der Waals surface area (Å²) in [4.78, 5) is 0. The van der Waals surface area contributed by atoms with Crippen LogP contribution >= 0.6 is 0 Å². The first-order chi connectivity index (χ1) is 34.5. The first-order valence-electron chi connectivity index (χ1n) is 24.9. The molecule has 0 unspecified atom stereocenters. The van der Waals surface area contributed by atoms with Crippen LogP contribution < -0.4 is 10.4 Å². The molecule has 0 heteroatoms. The predicted molar refractivity (Wildman–Crippen MR) is 302 cm³/mol. The summed E-state index contributed by atoms with van der Waals surface area (Å²) in [5, 5.41) is 26.2. The van der Waals surface area contributed by atoms with Gasteiger partial charge in [0.05, 0.1) is 0 Å². The Bertz CT molecular complexity index is 4710. The second kappa shape index (κ2) is 13.8. The monoisotopic (exact) mass is 884 g/mol. The molecular weight excluding hydrogens is 841 g/mol. The van der Waals surface area contributed by atoms with E-state index >= 15 is 0 Å². The Hall–Kier alpha value is -8.58. The van der Waals surface area contributed by atoms with Crippen molar-refractivity contribution in [2.75, 3.05) is 0 Å². The van der Waals surface area contributed by atoms with Crippen molar-refractivity contribution in [3.05, 3.63) is 228 Å². The zero-order chi connectivity index (χ0) is 46.0. The highest BCUT2D eigenvalue weighted by atomic mass is 14.4. The lowest BCUT2D eigenvalue weighted by Gasteiger charge is -2.22. The molecule has 0 aromatic heterocycles. The molecule has 0 radical (unpaired) electrons. The van der Waals surface area contributed by atoms with Crippen LogP contribution in [0.1, 0.15) is 31.4 Å². The maximum absolute atomic E-state index is 2.53. The Morgan fingerprint density at radius 2 is 0.786 bits per heavy atom. The number of hydrogen-bond acceptors (Lipinski definition) is 0. The van der Waals surface area contributed by atoms with Gasteiger partial charge in [0.2, 0.25) is 0 Å². The predicted octanol–water partition coefficient (Wildman–Crippen LogP) is 17.8. The van der Waals surface area contributed by atoms with Crippen LogP contribution in [0.25, 0.3) is 154 Å². The summed E-state index contributed by atoms with van der Waals surface area (Å²) in [6, 6.07) is 74.5. The molecule has 0 bridgehead atoms. The molecular formula is C70H44. The number of allylic oxidation sites excluding steroid dienone is 2. The van der Waals surface area contributed by atoms with Gasteiger partial charge in [0.25, 0.3) is 0 Å². The van der Waals surface area contributed by atoms with Crippen molar-refractivity contribution >= 4 is 109 Å². The lowest BCUT2D eigenvalue weighted by molar-refractivity contribution is 0.660. The summed E-state index contributed by atoms with van der Waals surface area (Å²) in [6.45, 7) is 4.77. The maximum Gasteiger partial charge on any atom is 0.0159 e. The van der Waals surface area contributed by atoms with Crippen molar-refractivity contribution in [2.45, 2.75) is 25.7 Å². The van der Waals surface area contributed by atoms with Crippen molar-refractivity contribution in [1.82, 2.24) is 0 Å². The first kappa shape index (κ1) is 38.4. The van der Waals surface area contributed by atoms with Gasteiger partial charge in [0.15, 0.2) is 0 Å². The highest BCUT2D eigenvalue weighted by molar-refractivity contribution is 6.36. The molecule has 0 saturated heterocycles. The molecule has 2 aliphatic carbocycles. The van der Waals surface area contributed by atoms with E-state index in [0.717, 1.165) is 6.42 Å². The van der Waals surface area contributed by atoms with E-state index in [9.17, 15) is 0 Å². The van der Waals surface area contributed by atoms with Crippen molar-refractivity contribution in [3.63, 3.8) is 0 Å². The Labute approximate surface area is 405 Å². The van der Waals surface area contributed by atoms with Gasteiger partial charge in [-0.3, -0.25) is 0 Å². The van der Waals surface area contributed by atoms with Crippen LogP contribution in [0.15, 0.2) is 206 Å². The topological polar surface area (TPSA) is 0 Å². The molecule has 2 aliphatic rings. The van der Waals surface area contributed by atoms with Crippen LogP contribution in [0.5, 0.6) is 0 Å². The summed E-state index contributed by atoms with van der Waals surface area (Å²) < 4.78 is 0. The minimum atomic E-state index is -0.0980. The standard InChI is InChI=1S/C70H44/c1-70(2)62-29-7-6-18-44(62)45-32-30-43(39-63(45)70)42-31-33-60-61(38-42)69(59-37-35-57-49-24-11-17-41-15-9-22-47(65(41)49)53-26-13-28-55(59)67(53)57)51-20-5-3-4-19-50(51)68(60)58-36-34-56-48-23-10-16-40-14-8-21-46(64(40)48)52-25-12-27-54(58)66(52)56/h3-4,6-39H,5H2,1-2H3. The van der Waals surface area contributed by atoms with Gasteiger partial charge in [-0.15, -0.1) is 0 Å². The molecule has 0 fully saturated rings. The van der Waals surface area contributed by atoms with Gasteiger partial charge >= 0.3 is 0 Å². The lowest BCUT2D eigenvalue weighted by atomic mass is 9.80. The van der Waals surface area contributed by atoms with Crippen molar-refractivity contribution in [1.29, 1.82) is 0 Å². The summed E-state index contributed by atoms with van der Waals surface area (Å²) >= 11 is 0. The molecule has 0 heterocycles. The molecule has 0 N–H and O–H groups in total. The van der Waals surface area contributed by atoms with Crippen LogP contribution in [-0.4, -0.2) is 0 Å². The van der Waals surface area contributed by atoms with E-state index in [-0.39, 0.29) is 5.41 Å². The molecule has 0 amide bonds. The summed E-state index contributed by atoms with van der Waals surface area (Å²) in [5.41, 5.74) is 13.0. The third kappa shape index (κ3) is 4.95. The number of rotatable bonds is 3. The quantitative estimate of drug-likeness (QED) is 0.122. The number of benzene rings is 14. The summed E-state index contributed by atoms with van der Waals surface area (Å²) in [7, 11) is 0. The van der Waals surface area contributed by atoms with Crippen LogP contribution in [0.2, 0.25) is 0 Å². The fourth-order valence-corrected chi connectivity index (χ4v) is 13.7. The van der Waals surface area contributed by atoms with E-state index in [2.05, 4.69) is 232 Å². The molecule has 324 valence electrons. The van der Waals surface area contributed by atoms with Gasteiger partial charge < -0.3 is 0 Å². The zero-order valence-electron chi connectivity index (χ0n) is 39.0. The SMILES string of the molecule is CC1(C)c2ccccc2-c2ccc(-c3ccc4c(-c5ccc6c7cccc8cccc(c9cccc5c96)c87)c5c(c(-c6ccc7c8cccc9cccc(c%10cccc6c%107)c98)c4c3)=CCC=CC=5)cc21. The second-order valence-corrected chi connectivity index (χ2v) is 20.5. The minimum absolute atomic E-state index is 0.0980. The van der Waals surface area contributed by atoms with Crippen LogP contribution in [0, 0.1) is 0 Å². The molecule has 0 aliphatic heterocycles. The van der Waals surface area contributed by atoms with Crippen LogP contribution in [0.3, 0.4) is 0 Å². The van der Waals surface area contributed by atoms with Crippen molar-refractivity contribution in [2.24, 2.45) is 0 Å². The third-order valence-corrected chi connectivity index (χ3v) is 16.8. The molecule has 0 nitrogen and oxygen atoms in total. The van der Waals surface area contributed by atoms with E-state index < -0.39 is 0 Å². The molecule has 0 atom stereocenters. The summed E-state index contributed by atoms with van der Waals surface area (Å²) in [5.74, 6) is 0. The van der Waals surface area contributed by atoms with E-state index in [0.29, 0.717) is 0 Å². The van der Waals surface area contributed by atoms with E-state index in [1.165, 1.54) is 163 Å². The van der Waals surface area contributed by atoms with Gasteiger partial charge in [0, 0.05) is 5.41 Å². The Balaban J connectivity index is 1.04. The largest absolute Gasteiger partial charge is 0.0807 e. The van der Waals surface area contributed by atoms with E-state index in [1.807, 2.05) is 0 Å². The molecule has 70 heavy (non-hydrogen) atoms. The molecule has 14 aromatic carbocycles. The fraction of sp³-hybridized carbons (Fsp3) is 0.0571. The minimum Gasteiger partial charge on any atom is -0.0807 e. The molecule has 14 aromatic rings.